The molecule has 0 aromatic heterocycles. The molecule has 1 aliphatic heterocycles. The van der Waals surface area contributed by atoms with Gasteiger partial charge in [-0.05, 0) is 87.4 Å². The van der Waals surface area contributed by atoms with Crippen LogP contribution in [-0.2, 0) is 29.0 Å². The van der Waals surface area contributed by atoms with E-state index in [-0.39, 0.29) is 40.7 Å². The first-order valence-electron chi connectivity index (χ1n) is 19.5. The normalized spacial score (nSPS) is 31.1. The molecule has 3 N–H and O–H groups in total. The van der Waals surface area contributed by atoms with Crippen molar-refractivity contribution in [3.63, 3.8) is 0 Å². The van der Waals surface area contributed by atoms with Crippen LogP contribution in [0.25, 0.3) is 0 Å². The van der Waals surface area contributed by atoms with Gasteiger partial charge in [-0.25, -0.2) is 13.2 Å². The topological polar surface area (TPSA) is 159 Å². The maximum atomic E-state index is 14.9. The van der Waals surface area contributed by atoms with Crippen molar-refractivity contribution in [2.45, 2.75) is 168 Å². The van der Waals surface area contributed by atoms with E-state index in [1.807, 2.05) is 27.7 Å². The van der Waals surface area contributed by atoms with E-state index in [1.54, 1.807) is 25.7 Å². The summed E-state index contributed by atoms with van der Waals surface area (Å²) in [5, 5.41) is 9.13. The van der Waals surface area contributed by atoms with E-state index in [9.17, 15) is 32.4 Å². The van der Waals surface area contributed by atoms with Crippen molar-refractivity contribution in [3.05, 3.63) is 0 Å². The van der Waals surface area contributed by atoms with Gasteiger partial charge >= 0.3 is 6.03 Å². The molecule has 8 atom stereocenters. The van der Waals surface area contributed by atoms with Gasteiger partial charge in [0.2, 0.25) is 17.6 Å². The summed E-state index contributed by atoms with van der Waals surface area (Å²) in [6.07, 6.45) is 8.55. The standard InChI is InChI=1S/C39H66N4O7S/c1-11-12-19-28(31(45)26(4)44)40-33(46)30-29-27(37(29,8)9)22-43(30)34(47)32(38(10)20-14-13-15-21-38)41-35(48)42-39(23-51(49,50)36(5,6)7)24(2)17-16-18-25(39)3/h24-25,27-30,32H,11-23H2,1-10H3,(H,40,46)(H2,41,42,48)/t24-,25+,27-,28?,29-,30-,32+,39?/m0/s1. The van der Waals surface area contributed by atoms with E-state index in [4.69, 9.17) is 0 Å². The average molecular weight is 735 g/mol. The molecule has 0 bridgehead atoms. The minimum atomic E-state index is -3.62. The first-order chi connectivity index (χ1) is 23.5. The molecule has 4 amide bonds. The maximum absolute atomic E-state index is 14.9. The Hall–Kier alpha value is -2.50. The van der Waals surface area contributed by atoms with Gasteiger partial charge in [0.25, 0.3) is 0 Å². The van der Waals surface area contributed by atoms with Crippen LogP contribution in [0.5, 0.6) is 0 Å². The van der Waals surface area contributed by atoms with Crippen molar-refractivity contribution < 1.29 is 32.4 Å². The van der Waals surface area contributed by atoms with Crippen molar-refractivity contribution >= 4 is 39.2 Å². The molecular formula is C39H66N4O7S. The van der Waals surface area contributed by atoms with Crippen molar-refractivity contribution in [2.24, 2.45) is 34.5 Å². The predicted molar refractivity (Wildman–Crippen MR) is 199 cm³/mol. The molecule has 0 aromatic carbocycles. The van der Waals surface area contributed by atoms with Crippen molar-refractivity contribution in [1.29, 1.82) is 0 Å². The second kappa shape index (κ2) is 15.1. The zero-order chi connectivity index (χ0) is 38.3. The fraction of sp³-hybridized carbons (Fsp3) is 0.872. The van der Waals surface area contributed by atoms with Crippen LogP contribution in [0.15, 0.2) is 0 Å². The number of likely N-dealkylation sites (tertiary alicyclic amines) is 1. The second-order valence-electron chi connectivity index (χ2n) is 18.4. The summed E-state index contributed by atoms with van der Waals surface area (Å²) in [7, 11) is -3.62. The number of carbonyl (C=O) groups excluding carboxylic acids is 5. The van der Waals surface area contributed by atoms with Gasteiger partial charge in [-0.15, -0.1) is 0 Å². The molecule has 2 unspecified atom stereocenters. The highest BCUT2D eigenvalue weighted by molar-refractivity contribution is 7.92. The number of hydrogen-bond acceptors (Lipinski definition) is 7. The number of unbranched alkanes of at least 4 members (excludes halogenated alkanes) is 1. The number of amides is 4. The Morgan fingerprint density at radius 1 is 0.902 bits per heavy atom. The van der Waals surface area contributed by atoms with Crippen LogP contribution >= 0.6 is 0 Å². The summed E-state index contributed by atoms with van der Waals surface area (Å²) in [6.45, 7) is 18.8. The summed E-state index contributed by atoms with van der Waals surface area (Å²) >= 11 is 0. The maximum Gasteiger partial charge on any atom is 0.315 e. The lowest BCUT2D eigenvalue weighted by Crippen LogP contribution is -2.68. The minimum Gasteiger partial charge on any atom is -0.344 e. The van der Waals surface area contributed by atoms with Crippen LogP contribution in [0.4, 0.5) is 4.79 Å². The molecule has 1 saturated heterocycles. The van der Waals surface area contributed by atoms with E-state index in [0.29, 0.717) is 19.4 Å². The monoisotopic (exact) mass is 734 g/mol. The van der Waals surface area contributed by atoms with Gasteiger partial charge in [-0.1, -0.05) is 80.1 Å². The van der Waals surface area contributed by atoms with E-state index >= 15 is 0 Å². The number of fused-ring (bicyclic) bond motifs is 1. The highest BCUT2D eigenvalue weighted by Gasteiger charge is 2.70. The summed E-state index contributed by atoms with van der Waals surface area (Å²) in [4.78, 5) is 69.9. The SMILES string of the molecule is CCCCC(NC(=O)[C@@H]1[C@@H]2[C@H](CN1C(=O)[C@@H](NC(=O)NC1(CS(=O)(=O)C(C)(C)C)[C@H](C)CCC[C@@H]1C)C1(C)CCCCC1)C2(C)C)C(=O)C(C)=O. The largest absolute Gasteiger partial charge is 0.344 e. The molecule has 290 valence electrons. The number of rotatable bonds is 13. The van der Waals surface area contributed by atoms with Gasteiger partial charge in [-0.3, -0.25) is 19.2 Å². The quantitative estimate of drug-likeness (QED) is 0.215. The summed E-state index contributed by atoms with van der Waals surface area (Å²) in [5.74, 6) is -2.48. The molecule has 4 aliphatic rings. The summed E-state index contributed by atoms with van der Waals surface area (Å²) in [6, 6.07) is -3.32. The van der Waals surface area contributed by atoms with Crippen molar-refractivity contribution in [3.8, 4) is 0 Å². The van der Waals surface area contributed by atoms with Gasteiger partial charge in [0.15, 0.2) is 15.6 Å². The Labute approximate surface area is 306 Å². The van der Waals surface area contributed by atoms with E-state index in [2.05, 4.69) is 29.8 Å². The number of carbonyl (C=O) groups is 5. The number of urea groups is 1. The molecule has 0 aromatic rings. The van der Waals surface area contributed by atoms with Crippen LogP contribution in [0.1, 0.15) is 140 Å². The molecule has 0 radical (unpaired) electrons. The zero-order valence-electron chi connectivity index (χ0n) is 32.9. The molecule has 1 heterocycles. The number of Topliss-reactive ketones (excluding diaryl/α,β-unsaturated/α-hetero) is 2. The Morgan fingerprint density at radius 2 is 1.49 bits per heavy atom. The van der Waals surface area contributed by atoms with E-state index in [0.717, 1.165) is 57.8 Å². The van der Waals surface area contributed by atoms with Crippen LogP contribution in [-0.4, -0.2) is 83.4 Å². The molecule has 4 rings (SSSR count). The molecule has 3 saturated carbocycles. The van der Waals surface area contributed by atoms with Gasteiger partial charge in [0, 0.05) is 13.5 Å². The molecular weight excluding hydrogens is 669 g/mol. The van der Waals surface area contributed by atoms with Crippen LogP contribution in [0, 0.1) is 34.5 Å². The number of nitrogens with one attached hydrogen (secondary N) is 3. The van der Waals surface area contributed by atoms with E-state index in [1.165, 1.54) is 6.92 Å². The fourth-order valence-corrected chi connectivity index (χ4v) is 11.3. The summed E-state index contributed by atoms with van der Waals surface area (Å²) in [5.41, 5.74) is -1.79. The number of ketones is 2. The number of piperidine rings is 1. The highest BCUT2D eigenvalue weighted by Crippen LogP contribution is 2.65. The Kier molecular flexibility index (Phi) is 12.2. The predicted octanol–water partition coefficient (Wildman–Crippen LogP) is 5.35. The van der Waals surface area contributed by atoms with E-state index < -0.39 is 67.2 Å². The van der Waals surface area contributed by atoms with Gasteiger partial charge < -0.3 is 20.9 Å². The first kappa shape index (κ1) is 41.3. The van der Waals surface area contributed by atoms with Crippen LogP contribution in [0.3, 0.4) is 0 Å². The smallest absolute Gasteiger partial charge is 0.315 e. The molecule has 51 heavy (non-hydrogen) atoms. The fourth-order valence-electron chi connectivity index (χ4n) is 9.55. The van der Waals surface area contributed by atoms with Crippen LogP contribution in [0.2, 0.25) is 0 Å². The lowest BCUT2D eigenvalue weighted by molar-refractivity contribution is -0.145. The van der Waals surface area contributed by atoms with Gasteiger partial charge in [0.05, 0.1) is 22.1 Å². The van der Waals surface area contributed by atoms with Gasteiger partial charge in [0.1, 0.15) is 12.1 Å². The molecule has 0 spiro atoms. The third-order valence-corrected chi connectivity index (χ3v) is 16.3. The lowest BCUT2D eigenvalue weighted by Gasteiger charge is -2.49. The molecule has 3 aliphatic carbocycles. The number of nitrogens with zero attached hydrogens (tertiary/aromatic N) is 1. The third kappa shape index (κ3) is 8.20. The Balaban J connectivity index is 1.67. The highest BCUT2D eigenvalue weighted by atomic mass is 32.2. The Morgan fingerprint density at radius 3 is 2.02 bits per heavy atom. The first-order valence-corrected chi connectivity index (χ1v) is 21.2. The molecule has 11 nitrogen and oxygen atoms in total. The van der Waals surface area contributed by atoms with Crippen molar-refractivity contribution in [1.82, 2.24) is 20.9 Å². The lowest BCUT2D eigenvalue weighted by atomic mass is 9.68. The zero-order valence-corrected chi connectivity index (χ0v) is 33.8. The third-order valence-electron chi connectivity index (χ3n) is 13.5. The average Bonchev–Trinajstić information content (AvgIpc) is 3.34. The number of sulfone groups is 1. The van der Waals surface area contributed by atoms with Gasteiger partial charge in [-0.2, -0.15) is 0 Å². The Bertz CT molecular complexity index is 1450. The second-order valence-corrected chi connectivity index (χ2v) is 21.1. The molecule has 4 fully saturated rings. The van der Waals surface area contributed by atoms with Crippen molar-refractivity contribution in [2.75, 3.05) is 12.3 Å². The summed E-state index contributed by atoms with van der Waals surface area (Å²) < 4.78 is 26.4. The molecule has 12 heteroatoms. The number of hydrogen-bond donors (Lipinski definition) is 3. The minimum absolute atomic E-state index is 0.0817. The van der Waals surface area contributed by atoms with Crippen LogP contribution < -0.4 is 16.0 Å².